The summed E-state index contributed by atoms with van der Waals surface area (Å²) in [4.78, 5) is 27.8. The lowest BCUT2D eigenvalue weighted by Crippen LogP contribution is -2.52. The fraction of sp³-hybridized carbons (Fsp3) is 0.440. The molecule has 34 heavy (non-hydrogen) atoms. The molecule has 2 aromatic rings. The monoisotopic (exact) mass is 489 g/mol. The van der Waals surface area contributed by atoms with Crippen LogP contribution in [0.2, 0.25) is 0 Å². The minimum Gasteiger partial charge on any atom is -0.497 e. The van der Waals surface area contributed by atoms with Gasteiger partial charge in [-0.05, 0) is 63.4 Å². The zero-order valence-corrected chi connectivity index (χ0v) is 21.8. The van der Waals surface area contributed by atoms with Gasteiger partial charge in [-0.3, -0.25) is 13.9 Å². The number of carbonyl (C=O) groups excluding carboxylic acids is 2. The average Bonchev–Trinajstić information content (AvgIpc) is 2.75. The van der Waals surface area contributed by atoms with Crippen LogP contribution in [0.25, 0.3) is 0 Å². The van der Waals surface area contributed by atoms with Gasteiger partial charge in [0.25, 0.3) is 0 Å². The van der Waals surface area contributed by atoms with Crippen molar-refractivity contribution in [2.24, 2.45) is 0 Å². The van der Waals surface area contributed by atoms with Gasteiger partial charge in [-0.1, -0.05) is 30.3 Å². The highest BCUT2D eigenvalue weighted by atomic mass is 32.2. The summed E-state index contributed by atoms with van der Waals surface area (Å²) in [6.07, 6.45) is 1.08. The summed E-state index contributed by atoms with van der Waals surface area (Å²) in [5.41, 5.74) is 2.74. The number of anilines is 1. The van der Waals surface area contributed by atoms with Crippen LogP contribution in [0.5, 0.6) is 5.75 Å². The molecule has 2 aromatic carbocycles. The first-order chi connectivity index (χ1) is 15.8. The second kappa shape index (κ2) is 11.4. The zero-order valence-electron chi connectivity index (χ0n) is 21.0. The predicted molar refractivity (Wildman–Crippen MR) is 134 cm³/mol. The van der Waals surface area contributed by atoms with Gasteiger partial charge in [0.15, 0.2) is 0 Å². The first kappa shape index (κ1) is 27.2. The molecule has 1 atom stereocenters. The number of rotatable bonds is 10. The lowest BCUT2D eigenvalue weighted by molar-refractivity contribution is -0.139. The van der Waals surface area contributed by atoms with Gasteiger partial charge in [0.1, 0.15) is 18.3 Å². The number of carbonyl (C=O) groups is 2. The normalized spacial score (nSPS) is 12.2. The fourth-order valence-electron chi connectivity index (χ4n) is 3.69. The summed E-state index contributed by atoms with van der Waals surface area (Å²) in [5.74, 6) is -0.115. The van der Waals surface area contributed by atoms with Gasteiger partial charge in [0, 0.05) is 12.6 Å². The molecular formula is C25H35N3O5S. The van der Waals surface area contributed by atoms with Gasteiger partial charge < -0.3 is 15.0 Å². The first-order valence-corrected chi connectivity index (χ1v) is 13.0. The van der Waals surface area contributed by atoms with Crippen LogP contribution in [0.4, 0.5) is 5.69 Å². The number of para-hydroxylation sites is 1. The number of aryl methyl sites for hydroxylation is 2. The Morgan fingerprint density at radius 3 is 2.03 bits per heavy atom. The molecule has 0 aromatic heterocycles. The number of sulfonamides is 1. The Labute approximate surface area is 202 Å². The number of nitrogens with zero attached hydrogens (tertiary/aromatic N) is 2. The molecule has 0 aliphatic heterocycles. The molecule has 2 rings (SSSR count). The molecule has 0 aliphatic rings. The summed E-state index contributed by atoms with van der Waals surface area (Å²) in [7, 11) is -2.20. The van der Waals surface area contributed by atoms with Gasteiger partial charge in [0.2, 0.25) is 21.8 Å². The van der Waals surface area contributed by atoms with Crippen molar-refractivity contribution >= 4 is 27.5 Å². The van der Waals surface area contributed by atoms with Crippen molar-refractivity contribution in [2.45, 2.75) is 53.2 Å². The van der Waals surface area contributed by atoms with E-state index in [1.807, 2.05) is 32.0 Å². The number of amides is 2. The molecule has 1 N–H and O–H groups in total. The summed E-state index contributed by atoms with van der Waals surface area (Å²) in [5, 5.41) is 2.83. The highest BCUT2D eigenvalue weighted by Crippen LogP contribution is 2.27. The maximum atomic E-state index is 13.6. The topological polar surface area (TPSA) is 96.0 Å². The molecule has 9 heteroatoms. The van der Waals surface area contributed by atoms with E-state index in [1.165, 1.54) is 4.90 Å². The Bertz CT molecular complexity index is 1090. The van der Waals surface area contributed by atoms with Crippen LogP contribution < -0.4 is 14.4 Å². The molecule has 0 saturated carbocycles. The van der Waals surface area contributed by atoms with Crippen molar-refractivity contribution < 1.29 is 22.7 Å². The number of ether oxygens (including phenoxy) is 1. The van der Waals surface area contributed by atoms with E-state index in [-0.39, 0.29) is 18.5 Å². The Balaban J connectivity index is 2.44. The number of nitrogens with one attached hydrogen (secondary N) is 1. The van der Waals surface area contributed by atoms with Gasteiger partial charge in [0.05, 0.1) is 19.1 Å². The SMILES string of the molecule is COc1ccc(CN(C(=O)CN(c2c(C)cccc2C)S(C)(=O)=O)C(C)C(=O)NC(C)C)cc1. The second-order valence-electron chi connectivity index (χ2n) is 8.72. The molecule has 0 aliphatic carbocycles. The highest BCUT2D eigenvalue weighted by Gasteiger charge is 2.31. The van der Waals surface area contributed by atoms with Crippen molar-refractivity contribution in [2.75, 3.05) is 24.2 Å². The molecule has 0 fully saturated rings. The van der Waals surface area contributed by atoms with Crippen LogP contribution in [-0.4, -0.2) is 57.1 Å². The second-order valence-corrected chi connectivity index (χ2v) is 10.6. The van der Waals surface area contributed by atoms with Crippen LogP contribution in [0.15, 0.2) is 42.5 Å². The zero-order chi connectivity index (χ0) is 25.6. The van der Waals surface area contributed by atoms with Gasteiger partial charge in [-0.15, -0.1) is 0 Å². The third kappa shape index (κ3) is 6.96. The standard InChI is InChI=1S/C25H35N3O5S/c1-17(2)26-25(30)20(5)27(15-21-11-13-22(33-6)14-12-21)23(29)16-28(34(7,31)32)24-18(3)9-8-10-19(24)4/h8-14,17,20H,15-16H2,1-7H3,(H,26,30). The Morgan fingerprint density at radius 2 is 1.56 bits per heavy atom. The summed E-state index contributed by atoms with van der Waals surface area (Å²) >= 11 is 0. The van der Waals surface area contributed by atoms with Crippen molar-refractivity contribution in [1.29, 1.82) is 0 Å². The maximum absolute atomic E-state index is 13.6. The molecule has 0 radical (unpaired) electrons. The summed E-state index contributed by atoms with van der Waals surface area (Å²) in [6.45, 7) is 8.65. The van der Waals surface area contributed by atoms with Crippen molar-refractivity contribution in [3.8, 4) is 5.75 Å². The summed E-state index contributed by atoms with van der Waals surface area (Å²) < 4.78 is 31.8. The Hall–Kier alpha value is -3.07. The third-order valence-electron chi connectivity index (χ3n) is 5.48. The lowest BCUT2D eigenvalue weighted by atomic mass is 10.1. The lowest BCUT2D eigenvalue weighted by Gasteiger charge is -2.32. The van der Waals surface area contributed by atoms with E-state index < -0.39 is 28.5 Å². The van der Waals surface area contributed by atoms with Crippen LogP contribution in [0, 0.1) is 13.8 Å². The molecule has 0 heterocycles. The van der Waals surface area contributed by atoms with E-state index in [9.17, 15) is 18.0 Å². The molecule has 8 nitrogen and oxygen atoms in total. The number of hydrogen-bond donors (Lipinski definition) is 1. The fourth-order valence-corrected chi connectivity index (χ4v) is 4.65. The maximum Gasteiger partial charge on any atom is 0.244 e. The highest BCUT2D eigenvalue weighted by molar-refractivity contribution is 7.92. The third-order valence-corrected chi connectivity index (χ3v) is 6.59. The number of benzene rings is 2. The van der Waals surface area contributed by atoms with Crippen LogP contribution in [-0.2, 0) is 26.2 Å². The Morgan fingerprint density at radius 1 is 1.00 bits per heavy atom. The molecule has 0 spiro atoms. The van der Waals surface area contributed by atoms with Crippen molar-refractivity contribution in [1.82, 2.24) is 10.2 Å². The first-order valence-electron chi connectivity index (χ1n) is 11.1. The molecule has 0 bridgehead atoms. The van der Waals surface area contributed by atoms with E-state index in [0.717, 1.165) is 27.3 Å². The van der Waals surface area contributed by atoms with Crippen LogP contribution in [0.3, 0.4) is 0 Å². The Kier molecular flexibility index (Phi) is 9.09. The van der Waals surface area contributed by atoms with Crippen LogP contribution in [0.1, 0.15) is 37.5 Å². The van der Waals surface area contributed by atoms with Crippen molar-refractivity contribution in [3.63, 3.8) is 0 Å². The average molecular weight is 490 g/mol. The number of hydrogen-bond acceptors (Lipinski definition) is 5. The van der Waals surface area contributed by atoms with Gasteiger partial charge in [-0.25, -0.2) is 8.42 Å². The minimum absolute atomic E-state index is 0.102. The predicted octanol–water partition coefficient (Wildman–Crippen LogP) is 3.02. The minimum atomic E-state index is -3.77. The molecular weight excluding hydrogens is 454 g/mol. The van der Waals surface area contributed by atoms with E-state index in [0.29, 0.717) is 11.4 Å². The van der Waals surface area contributed by atoms with E-state index in [1.54, 1.807) is 52.1 Å². The molecule has 186 valence electrons. The van der Waals surface area contributed by atoms with Crippen molar-refractivity contribution in [3.05, 3.63) is 59.2 Å². The van der Waals surface area contributed by atoms with E-state index in [4.69, 9.17) is 4.74 Å². The molecule has 1 unspecified atom stereocenters. The van der Waals surface area contributed by atoms with Gasteiger partial charge in [-0.2, -0.15) is 0 Å². The quantitative estimate of drug-likeness (QED) is 0.554. The van der Waals surface area contributed by atoms with Gasteiger partial charge >= 0.3 is 0 Å². The molecule has 0 saturated heterocycles. The molecule has 2 amide bonds. The van der Waals surface area contributed by atoms with E-state index in [2.05, 4.69) is 5.32 Å². The van der Waals surface area contributed by atoms with E-state index >= 15 is 0 Å². The summed E-state index contributed by atoms with van der Waals surface area (Å²) in [6, 6.07) is 11.7. The number of methoxy groups -OCH3 is 1. The smallest absolute Gasteiger partial charge is 0.244 e. The van der Waals surface area contributed by atoms with Crippen LogP contribution >= 0.6 is 0 Å². The largest absolute Gasteiger partial charge is 0.497 e.